The second kappa shape index (κ2) is 5.44. The van der Waals surface area contributed by atoms with Crippen molar-refractivity contribution in [2.24, 2.45) is 0 Å². The SMILES string of the molecule is CCCNC(=O)Cn1c(N)nc2cc(F)c(Cl)cc21. The van der Waals surface area contributed by atoms with Crippen LogP contribution in [0.3, 0.4) is 0 Å². The number of carbonyl (C=O) groups is 1. The summed E-state index contributed by atoms with van der Waals surface area (Å²) in [7, 11) is 0. The number of halogens is 2. The van der Waals surface area contributed by atoms with Crippen molar-refractivity contribution < 1.29 is 9.18 Å². The van der Waals surface area contributed by atoms with Gasteiger partial charge in [-0.3, -0.25) is 4.79 Å². The highest BCUT2D eigenvalue weighted by atomic mass is 35.5. The van der Waals surface area contributed by atoms with E-state index >= 15 is 0 Å². The monoisotopic (exact) mass is 284 g/mol. The molecule has 0 spiro atoms. The first-order chi connectivity index (χ1) is 9.02. The van der Waals surface area contributed by atoms with E-state index in [0.29, 0.717) is 17.6 Å². The molecule has 1 amide bonds. The molecule has 0 atom stereocenters. The van der Waals surface area contributed by atoms with Gasteiger partial charge in [0, 0.05) is 12.6 Å². The van der Waals surface area contributed by atoms with Crippen LogP contribution in [0.1, 0.15) is 13.3 Å². The first-order valence-corrected chi connectivity index (χ1v) is 6.28. The summed E-state index contributed by atoms with van der Waals surface area (Å²) in [5.41, 5.74) is 6.65. The molecular weight excluding hydrogens is 271 g/mol. The molecule has 1 aromatic heterocycles. The number of nitrogens with zero attached hydrogens (tertiary/aromatic N) is 2. The number of benzene rings is 1. The third kappa shape index (κ3) is 2.78. The number of nitrogens with two attached hydrogens (primary N) is 1. The maximum absolute atomic E-state index is 13.3. The van der Waals surface area contributed by atoms with Gasteiger partial charge in [0.25, 0.3) is 0 Å². The molecule has 0 aliphatic rings. The molecule has 0 radical (unpaired) electrons. The number of nitrogen functional groups attached to an aromatic ring is 1. The molecule has 2 aromatic rings. The minimum absolute atomic E-state index is 0.0254. The molecule has 0 bridgehead atoms. The lowest BCUT2D eigenvalue weighted by atomic mass is 10.3. The van der Waals surface area contributed by atoms with Crippen molar-refractivity contribution in [1.29, 1.82) is 0 Å². The van der Waals surface area contributed by atoms with E-state index in [2.05, 4.69) is 10.3 Å². The van der Waals surface area contributed by atoms with E-state index in [1.165, 1.54) is 16.7 Å². The molecule has 19 heavy (non-hydrogen) atoms. The third-order valence-electron chi connectivity index (χ3n) is 2.69. The smallest absolute Gasteiger partial charge is 0.240 e. The van der Waals surface area contributed by atoms with Crippen LogP contribution in [-0.2, 0) is 11.3 Å². The second-order valence-corrected chi connectivity index (χ2v) is 4.57. The maximum Gasteiger partial charge on any atom is 0.240 e. The molecule has 7 heteroatoms. The molecule has 2 rings (SSSR count). The number of aromatic nitrogens is 2. The normalized spacial score (nSPS) is 10.9. The molecule has 5 nitrogen and oxygen atoms in total. The van der Waals surface area contributed by atoms with Crippen LogP contribution < -0.4 is 11.1 Å². The standard InChI is InChI=1S/C12H14ClFN4O/c1-2-3-16-11(19)6-18-10-4-7(13)8(14)5-9(10)17-12(18)15/h4-5H,2-3,6H2,1H3,(H2,15,17)(H,16,19). The van der Waals surface area contributed by atoms with E-state index in [4.69, 9.17) is 17.3 Å². The minimum Gasteiger partial charge on any atom is -0.369 e. The van der Waals surface area contributed by atoms with Crippen molar-refractivity contribution in [1.82, 2.24) is 14.9 Å². The first-order valence-electron chi connectivity index (χ1n) is 5.90. The van der Waals surface area contributed by atoms with Crippen molar-refractivity contribution >= 4 is 34.5 Å². The van der Waals surface area contributed by atoms with Gasteiger partial charge in [0.2, 0.25) is 11.9 Å². The highest BCUT2D eigenvalue weighted by Gasteiger charge is 2.14. The summed E-state index contributed by atoms with van der Waals surface area (Å²) in [4.78, 5) is 15.7. The largest absolute Gasteiger partial charge is 0.369 e. The quantitative estimate of drug-likeness (QED) is 0.901. The molecular formula is C12H14ClFN4O. The number of carbonyl (C=O) groups excluding carboxylic acids is 1. The number of nitrogens with one attached hydrogen (secondary N) is 1. The Morgan fingerprint density at radius 1 is 1.58 bits per heavy atom. The summed E-state index contributed by atoms with van der Waals surface area (Å²) in [5, 5.41) is 2.71. The van der Waals surface area contributed by atoms with Crippen LogP contribution in [0.5, 0.6) is 0 Å². The predicted molar refractivity (Wildman–Crippen MR) is 72.4 cm³/mol. The van der Waals surface area contributed by atoms with Gasteiger partial charge in [-0.05, 0) is 12.5 Å². The molecule has 102 valence electrons. The zero-order valence-electron chi connectivity index (χ0n) is 10.4. The van der Waals surface area contributed by atoms with Gasteiger partial charge >= 0.3 is 0 Å². The Morgan fingerprint density at radius 3 is 3.00 bits per heavy atom. The fraction of sp³-hybridized carbons (Fsp3) is 0.333. The lowest BCUT2D eigenvalue weighted by Gasteiger charge is -2.07. The van der Waals surface area contributed by atoms with Crippen LogP contribution in [0.15, 0.2) is 12.1 Å². The molecule has 0 aliphatic carbocycles. The Balaban J connectivity index is 2.34. The van der Waals surface area contributed by atoms with Gasteiger partial charge < -0.3 is 15.6 Å². The molecule has 0 fully saturated rings. The topological polar surface area (TPSA) is 72.9 Å². The van der Waals surface area contributed by atoms with Gasteiger partial charge in [0.05, 0.1) is 16.1 Å². The number of fused-ring (bicyclic) bond motifs is 1. The van der Waals surface area contributed by atoms with Gasteiger partial charge in [-0.15, -0.1) is 0 Å². The van der Waals surface area contributed by atoms with E-state index in [-0.39, 0.29) is 23.4 Å². The van der Waals surface area contributed by atoms with Crippen molar-refractivity contribution in [3.8, 4) is 0 Å². The van der Waals surface area contributed by atoms with E-state index in [0.717, 1.165) is 6.42 Å². The Labute approximate surface area is 114 Å². The summed E-state index contributed by atoms with van der Waals surface area (Å²) in [6.07, 6.45) is 0.850. The van der Waals surface area contributed by atoms with Crippen LogP contribution in [-0.4, -0.2) is 22.0 Å². The zero-order valence-corrected chi connectivity index (χ0v) is 11.2. The van der Waals surface area contributed by atoms with Crippen molar-refractivity contribution in [3.05, 3.63) is 23.0 Å². The van der Waals surface area contributed by atoms with Gasteiger partial charge in [0.15, 0.2) is 0 Å². The second-order valence-electron chi connectivity index (χ2n) is 4.16. The van der Waals surface area contributed by atoms with Crippen LogP contribution in [0.4, 0.5) is 10.3 Å². The van der Waals surface area contributed by atoms with Gasteiger partial charge in [-0.25, -0.2) is 9.37 Å². The zero-order chi connectivity index (χ0) is 14.0. The minimum atomic E-state index is -0.561. The van der Waals surface area contributed by atoms with Crippen LogP contribution in [0.2, 0.25) is 5.02 Å². The average Bonchev–Trinajstić information content (AvgIpc) is 2.64. The van der Waals surface area contributed by atoms with Crippen LogP contribution in [0.25, 0.3) is 11.0 Å². The number of hydrogen-bond donors (Lipinski definition) is 2. The maximum atomic E-state index is 13.3. The summed E-state index contributed by atoms with van der Waals surface area (Å²) in [6, 6.07) is 2.62. The summed E-state index contributed by atoms with van der Waals surface area (Å²) >= 11 is 5.73. The number of amides is 1. The van der Waals surface area contributed by atoms with Crippen LogP contribution >= 0.6 is 11.6 Å². The number of imidazole rings is 1. The molecule has 0 saturated heterocycles. The highest BCUT2D eigenvalue weighted by molar-refractivity contribution is 6.31. The third-order valence-corrected chi connectivity index (χ3v) is 2.98. The van der Waals surface area contributed by atoms with E-state index in [1.54, 1.807) is 0 Å². The van der Waals surface area contributed by atoms with Crippen molar-refractivity contribution in [2.45, 2.75) is 19.9 Å². The Morgan fingerprint density at radius 2 is 2.32 bits per heavy atom. The lowest BCUT2D eigenvalue weighted by molar-refractivity contribution is -0.121. The Bertz CT molecular complexity index is 626. The summed E-state index contributed by atoms with van der Waals surface area (Å²) < 4.78 is 14.8. The van der Waals surface area contributed by atoms with E-state index in [1.807, 2.05) is 6.92 Å². The highest BCUT2D eigenvalue weighted by Crippen LogP contribution is 2.24. The predicted octanol–water partition coefficient (Wildman–Crippen LogP) is 1.94. The average molecular weight is 285 g/mol. The molecule has 1 aromatic carbocycles. The number of anilines is 1. The molecule has 1 heterocycles. The number of hydrogen-bond acceptors (Lipinski definition) is 3. The van der Waals surface area contributed by atoms with Gasteiger partial charge in [0.1, 0.15) is 12.4 Å². The molecule has 3 N–H and O–H groups in total. The number of rotatable bonds is 4. The van der Waals surface area contributed by atoms with Gasteiger partial charge in [-0.1, -0.05) is 18.5 Å². The van der Waals surface area contributed by atoms with Crippen LogP contribution in [0, 0.1) is 5.82 Å². The molecule has 0 aliphatic heterocycles. The fourth-order valence-corrected chi connectivity index (χ4v) is 1.93. The van der Waals surface area contributed by atoms with Crippen molar-refractivity contribution in [3.63, 3.8) is 0 Å². The molecule has 0 saturated carbocycles. The van der Waals surface area contributed by atoms with E-state index < -0.39 is 5.82 Å². The van der Waals surface area contributed by atoms with E-state index in [9.17, 15) is 9.18 Å². The Kier molecular flexibility index (Phi) is 3.90. The van der Waals surface area contributed by atoms with Crippen molar-refractivity contribution in [2.75, 3.05) is 12.3 Å². The lowest BCUT2D eigenvalue weighted by Crippen LogP contribution is -2.28. The summed E-state index contributed by atoms with van der Waals surface area (Å²) in [5.74, 6) is -0.578. The summed E-state index contributed by atoms with van der Waals surface area (Å²) in [6.45, 7) is 2.59. The molecule has 0 unspecified atom stereocenters. The Hall–Kier alpha value is -1.82. The van der Waals surface area contributed by atoms with Gasteiger partial charge in [-0.2, -0.15) is 0 Å². The fourth-order valence-electron chi connectivity index (χ4n) is 1.77. The first kappa shape index (κ1) is 13.6.